The van der Waals surface area contributed by atoms with Crippen molar-refractivity contribution in [2.24, 2.45) is 0 Å². The molecule has 0 saturated carbocycles. The van der Waals surface area contributed by atoms with Crippen LogP contribution in [0.25, 0.3) is 0 Å². The quantitative estimate of drug-likeness (QED) is 0.427. The summed E-state index contributed by atoms with van der Waals surface area (Å²) in [6.45, 7) is 0.715. The number of hydrogen-bond acceptors (Lipinski definition) is 1. The largest absolute Gasteiger partial charge is 0.492 e. The van der Waals surface area contributed by atoms with Gasteiger partial charge in [-0.15, -0.1) is 11.6 Å². The van der Waals surface area contributed by atoms with E-state index in [4.69, 9.17) is 16.3 Å². The zero-order chi connectivity index (χ0) is 14.8. The summed E-state index contributed by atoms with van der Waals surface area (Å²) in [5.41, 5.74) is 2.28. The van der Waals surface area contributed by atoms with Gasteiger partial charge < -0.3 is 4.74 Å². The second-order valence-corrected chi connectivity index (χ2v) is 4.99. The van der Waals surface area contributed by atoms with Crippen LogP contribution in [0, 0.1) is 11.8 Å². The number of ether oxygens (including phenoxy) is 1. The van der Waals surface area contributed by atoms with E-state index in [2.05, 4.69) is 36.1 Å². The maximum atomic E-state index is 5.83. The molecule has 2 rings (SSSR count). The van der Waals surface area contributed by atoms with Crippen LogP contribution in [0.2, 0.25) is 0 Å². The molecular weight excluding hydrogens is 280 g/mol. The van der Waals surface area contributed by atoms with E-state index < -0.39 is 0 Å². The van der Waals surface area contributed by atoms with Gasteiger partial charge in [0.15, 0.2) is 0 Å². The van der Waals surface area contributed by atoms with Gasteiger partial charge in [-0.2, -0.15) is 0 Å². The summed E-state index contributed by atoms with van der Waals surface area (Å²) in [4.78, 5) is 0. The first-order chi connectivity index (χ1) is 10.4. The highest BCUT2D eigenvalue weighted by Gasteiger charge is 2.00. The lowest BCUT2D eigenvalue weighted by Gasteiger charge is -2.08. The molecule has 0 bridgehead atoms. The van der Waals surface area contributed by atoms with Crippen LogP contribution in [0.15, 0.2) is 54.6 Å². The second-order valence-electron chi connectivity index (χ2n) is 4.72. The monoisotopic (exact) mass is 298 g/mol. The third kappa shape index (κ3) is 5.53. The molecule has 0 N–H and O–H groups in total. The standard InChI is InChI=1S/C19H19ClO/c20-15-8-13-18-12-4-5-14-19(18)21-16-7-6-11-17-9-2-1-3-10-17/h1-5,9-10,12,14H,6-7,11,15-16H2. The third-order valence-corrected chi connectivity index (χ3v) is 3.27. The number of unbranched alkanes of at least 4 members (excludes halogenated alkanes) is 1. The maximum Gasteiger partial charge on any atom is 0.134 e. The van der Waals surface area contributed by atoms with Crippen molar-refractivity contribution in [3.05, 3.63) is 65.7 Å². The number of hydrogen-bond donors (Lipinski definition) is 0. The van der Waals surface area contributed by atoms with Crippen LogP contribution in [-0.4, -0.2) is 12.5 Å². The molecular formula is C19H19ClO. The Bertz CT molecular complexity index is 596. The number of halogens is 1. The van der Waals surface area contributed by atoms with Crippen molar-refractivity contribution in [3.8, 4) is 17.6 Å². The molecule has 0 radical (unpaired) electrons. The van der Waals surface area contributed by atoms with E-state index in [-0.39, 0.29) is 0 Å². The number of rotatable bonds is 6. The van der Waals surface area contributed by atoms with Crippen molar-refractivity contribution < 1.29 is 4.74 Å². The van der Waals surface area contributed by atoms with Crippen molar-refractivity contribution in [2.45, 2.75) is 19.3 Å². The molecule has 1 nitrogen and oxygen atoms in total. The first-order valence-electron chi connectivity index (χ1n) is 7.21. The highest BCUT2D eigenvalue weighted by atomic mass is 35.5. The molecule has 0 atom stereocenters. The first-order valence-corrected chi connectivity index (χ1v) is 7.74. The average molecular weight is 299 g/mol. The lowest BCUT2D eigenvalue weighted by atomic mass is 10.1. The van der Waals surface area contributed by atoms with E-state index in [9.17, 15) is 0 Å². The molecule has 108 valence electrons. The van der Waals surface area contributed by atoms with Crippen molar-refractivity contribution in [1.29, 1.82) is 0 Å². The highest BCUT2D eigenvalue weighted by Crippen LogP contribution is 2.17. The number of para-hydroxylation sites is 1. The number of benzene rings is 2. The molecule has 21 heavy (non-hydrogen) atoms. The molecule has 0 spiro atoms. The first kappa shape index (κ1) is 15.5. The van der Waals surface area contributed by atoms with Crippen molar-refractivity contribution in [2.75, 3.05) is 12.5 Å². The van der Waals surface area contributed by atoms with Gasteiger partial charge in [-0.1, -0.05) is 54.3 Å². The summed E-state index contributed by atoms with van der Waals surface area (Å²) >= 11 is 5.59. The number of alkyl halides is 1. The van der Waals surface area contributed by atoms with Gasteiger partial charge >= 0.3 is 0 Å². The Labute approximate surface area is 131 Å². The van der Waals surface area contributed by atoms with Crippen LogP contribution >= 0.6 is 11.6 Å². The van der Waals surface area contributed by atoms with Crippen LogP contribution in [-0.2, 0) is 6.42 Å². The summed E-state index contributed by atoms with van der Waals surface area (Å²) in [7, 11) is 0. The molecule has 0 saturated heterocycles. The lowest BCUT2D eigenvalue weighted by molar-refractivity contribution is 0.306. The molecule has 0 aromatic heterocycles. The third-order valence-electron chi connectivity index (χ3n) is 3.14. The smallest absolute Gasteiger partial charge is 0.134 e. The van der Waals surface area contributed by atoms with Gasteiger partial charge in [-0.3, -0.25) is 0 Å². The van der Waals surface area contributed by atoms with E-state index in [1.165, 1.54) is 5.56 Å². The van der Waals surface area contributed by atoms with Gasteiger partial charge in [0.2, 0.25) is 0 Å². The molecule has 2 heteroatoms. The van der Waals surface area contributed by atoms with E-state index in [0.29, 0.717) is 12.5 Å². The summed E-state index contributed by atoms with van der Waals surface area (Å²) in [5.74, 6) is 7.07. The Morgan fingerprint density at radius 2 is 1.67 bits per heavy atom. The fourth-order valence-corrected chi connectivity index (χ4v) is 2.15. The molecule has 0 heterocycles. The Morgan fingerprint density at radius 1 is 0.905 bits per heavy atom. The minimum Gasteiger partial charge on any atom is -0.492 e. The zero-order valence-corrected chi connectivity index (χ0v) is 12.8. The Balaban J connectivity index is 1.76. The average Bonchev–Trinajstić information content (AvgIpc) is 2.54. The Morgan fingerprint density at radius 3 is 2.48 bits per heavy atom. The van der Waals surface area contributed by atoms with Crippen LogP contribution in [0.1, 0.15) is 24.0 Å². The minimum absolute atomic E-state index is 0.339. The van der Waals surface area contributed by atoms with Gasteiger partial charge in [-0.05, 0) is 37.0 Å². The van der Waals surface area contributed by atoms with Gasteiger partial charge in [0.05, 0.1) is 18.1 Å². The van der Waals surface area contributed by atoms with Gasteiger partial charge in [-0.25, -0.2) is 0 Å². The normalized spacial score (nSPS) is 9.76. The molecule has 0 aliphatic carbocycles. The molecule has 0 aliphatic heterocycles. The Hall–Kier alpha value is -1.91. The van der Waals surface area contributed by atoms with E-state index in [1.54, 1.807) is 0 Å². The van der Waals surface area contributed by atoms with Gasteiger partial charge in [0.1, 0.15) is 5.75 Å². The topological polar surface area (TPSA) is 9.23 Å². The summed E-state index contributed by atoms with van der Waals surface area (Å²) in [6, 6.07) is 18.4. The Kier molecular flexibility index (Phi) is 6.71. The molecule has 0 amide bonds. The van der Waals surface area contributed by atoms with E-state index in [0.717, 1.165) is 30.6 Å². The molecule has 0 aliphatic rings. The van der Waals surface area contributed by atoms with Crippen molar-refractivity contribution in [3.63, 3.8) is 0 Å². The SMILES string of the molecule is ClCC#Cc1ccccc1OCCCCc1ccccc1. The van der Waals surface area contributed by atoms with Crippen molar-refractivity contribution in [1.82, 2.24) is 0 Å². The van der Waals surface area contributed by atoms with E-state index in [1.807, 2.05) is 30.3 Å². The molecule has 0 fully saturated rings. The summed E-state index contributed by atoms with van der Waals surface area (Å²) < 4.78 is 5.83. The van der Waals surface area contributed by atoms with Crippen molar-refractivity contribution >= 4 is 11.6 Å². The van der Waals surface area contributed by atoms with Gasteiger partial charge in [0.25, 0.3) is 0 Å². The predicted octanol–water partition coefficient (Wildman–Crippen LogP) is 4.68. The van der Waals surface area contributed by atoms with Crippen LogP contribution < -0.4 is 4.74 Å². The van der Waals surface area contributed by atoms with Crippen LogP contribution in [0.4, 0.5) is 0 Å². The minimum atomic E-state index is 0.339. The predicted molar refractivity (Wildman–Crippen MR) is 88.9 cm³/mol. The fraction of sp³-hybridized carbons (Fsp3) is 0.263. The molecule has 2 aromatic carbocycles. The summed E-state index contributed by atoms with van der Waals surface area (Å²) in [5, 5.41) is 0. The van der Waals surface area contributed by atoms with Crippen LogP contribution in [0.3, 0.4) is 0 Å². The number of aryl methyl sites for hydroxylation is 1. The molecule has 2 aromatic rings. The van der Waals surface area contributed by atoms with E-state index >= 15 is 0 Å². The molecule has 0 unspecified atom stereocenters. The van der Waals surface area contributed by atoms with Gasteiger partial charge in [0, 0.05) is 0 Å². The highest BCUT2D eigenvalue weighted by molar-refractivity contribution is 6.19. The maximum absolute atomic E-state index is 5.83. The summed E-state index contributed by atoms with van der Waals surface area (Å²) in [6.07, 6.45) is 3.25. The lowest BCUT2D eigenvalue weighted by Crippen LogP contribution is -2.00. The van der Waals surface area contributed by atoms with Crippen LogP contribution in [0.5, 0.6) is 5.75 Å². The zero-order valence-electron chi connectivity index (χ0n) is 12.0. The second kappa shape index (κ2) is 9.10. The fourth-order valence-electron chi connectivity index (χ4n) is 2.08.